The van der Waals surface area contributed by atoms with E-state index in [1.807, 2.05) is 12.3 Å². The van der Waals surface area contributed by atoms with Crippen LogP contribution >= 0.6 is 0 Å². The van der Waals surface area contributed by atoms with E-state index in [0.29, 0.717) is 24.1 Å². The first-order valence-corrected chi connectivity index (χ1v) is 8.84. The molecule has 1 aliphatic rings. The third-order valence-electron chi connectivity index (χ3n) is 4.68. The molecular weight excluding hydrogens is 300 g/mol. The Morgan fingerprint density at radius 3 is 2.54 bits per heavy atom. The average Bonchev–Trinajstić information content (AvgIpc) is 2.55. The second-order valence-electron chi connectivity index (χ2n) is 7.20. The van der Waals surface area contributed by atoms with E-state index in [2.05, 4.69) is 53.4 Å². The van der Waals surface area contributed by atoms with Gasteiger partial charge in [-0.05, 0) is 59.7 Å². The molecule has 1 aliphatic carbocycles. The van der Waals surface area contributed by atoms with Crippen molar-refractivity contribution in [3.05, 3.63) is 18.5 Å². The van der Waals surface area contributed by atoms with Gasteiger partial charge in [0.2, 0.25) is 5.95 Å². The monoisotopic (exact) mass is 328 g/mol. The first kappa shape index (κ1) is 16.9. The van der Waals surface area contributed by atoms with Gasteiger partial charge < -0.3 is 15.5 Å². The molecule has 0 radical (unpaired) electrons. The van der Waals surface area contributed by atoms with Crippen LogP contribution in [0.5, 0.6) is 0 Å². The smallest absolute Gasteiger partial charge is 0.223 e. The zero-order chi connectivity index (χ0) is 17.1. The normalized spacial score (nSPS) is 21.4. The lowest BCUT2D eigenvalue weighted by atomic mass is 9.91. The molecule has 0 atom stereocenters. The number of aromatic nitrogens is 3. The fourth-order valence-electron chi connectivity index (χ4n) is 3.32. The molecule has 0 amide bonds. The van der Waals surface area contributed by atoms with Crippen molar-refractivity contribution in [3.63, 3.8) is 0 Å². The van der Waals surface area contributed by atoms with E-state index < -0.39 is 0 Å². The van der Waals surface area contributed by atoms with Crippen molar-refractivity contribution in [1.29, 1.82) is 0 Å². The van der Waals surface area contributed by atoms with Crippen LogP contribution < -0.4 is 10.6 Å². The highest BCUT2D eigenvalue weighted by atomic mass is 15.1. The molecule has 0 saturated heterocycles. The summed E-state index contributed by atoms with van der Waals surface area (Å²) in [5.41, 5.74) is 0.880. The van der Waals surface area contributed by atoms with Gasteiger partial charge >= 0.3 is 0 Å². The summed E-state index contributed by atoms with van der Waals surface area (Å²) in [4.78, 5) is 16.0. The second-order valence-corrected chi connectivity index (χ2v) is 7.20. The second kappa shape index (κ2) is 7.30. The van der Waals surface area contributed by atoms with E-state index in [4.69, 9.17) is 4.98 Å². The first-order valence-electron chi connectivity index (χ1n) is 8.84. The number of pyridine rings is 1. The molecule has 2 aromatic rings. The van der Waals surface area contributed by atoms with Gasteiger partial charge in [0.1, 0.15) is 5.52 Å². The fraction of sp³-hybridized carbons (Fsp3) is 0.611. The summed E-state index contributed by atoms with van der Waals surface area (Å²) in [6.07, 6.45) is 8.44. The number of hydrogen-bond donors (Lipinski definition) is 2. The predicted octanol–water partition coefficient (Wildman–Crippen LogP) is 3.13. The minimum absolute atomic E-state index is 0.316. The molecular formula is C18H28N6. The molecule has 2 aromatic heterocycles. The highest BCUT2D eigenvalue weighted by molar-refractivity contribution is 5.88. The largest absolute Gasteiger partial charge is 0.366 e. The molecule has 0 aromatic carbocycles. The molecule has 1 fully saturated rings. The maximum absolute atomic E-state index is 4.72. The van der Waals surface area contributed by atoms with Crippen LogP contribution in [-0.4, -0.2) is 52.1 Å². The average molecular weight is 328 g/mol. The molecule has 3 rings (SSSR count). The lowest BCUT2D eigenvalue weighted by Crippen LogP contribution is -2.36. The third kappa shape index (κ3) is 3.93. The van der Waals surface area contributed by atoms with Crippen LogP contribution in [0.3, 0.4) is 0 Å². The van der Waals surface area contributed by atoms with Crippen molar-refractivity contribution in [2.45, 2.75) is 57.7 Å². The van der Waals surface area contributed by atoms with E-state index in [1.165, 1.54) is 12.8 Å². The molecule has 24 heavy (non-hydrogen) atoms. The SMILES string of the molecule is CC(C)Nc1nccc2cnc(NC3CCC(N(C)C)CC3)nc12. The quantitative estimate of drug-likeness (QED) is 0.879. The van der Waals surface area contributed by atoms with E-state index in [-0.39, 0.29) is 0 Å². The van der Waals surface area contributed by atoms with Gasteiger partial charge in [0, 0.05) is 35.9 Å². The van der Waals surface area contributed by atoms with E-state index >= 15 is 0 Å². The Bertz CT molecular complexity index is 676. The Kier molecular flexibility index (Phi) is 5.14. The maximum atomic E-state index is 4.72. The van der Waals surface area contributed by atoms with Gasteiger partial charge in [-0.2, -0.15) is 0 Å². The first-order chi connectivity index (χ1) is 11.5. The van der Waals surface area contributed by atoms with Crippen LogP contribution in [0.25, 0.3) is 10.9 Å². The number of hydrogen-bond acceptors (Lipinski definition) is 6. The molecule has 6 nitrogen and oxygen atoms in total. The number of nitrogens with one attached hydrogen (secondary N) is 2. The minimum atomic E-state index is 0.316. The van der Waals surface area contributed by atoms with Gasteiger partial charge in [0.15, 0.2) is 5.82 Å². The predicted molar refractivity (Wildman–Crippen MR) is 99.4 cm³/mol. The van der Waals surface area contributed by atoms with E-state index in [1.54, 1.807) is 6.20 Å². The molecule has 1 saturated carbocycles. The summed E-state index contributed by atoms with van der Waals surface area (Å²) in [7, 11) is 4.34. The van der Waals surface area contributed by atoms with Gasteiger partial charge in [0.25, 0.3) is 0 Å². The van der Waals surface area contributed by atoms with Crippen molar-refractivity contribution in [2.75, 3.05) is 24.7 Å². The maximum Gasteiger partial charge on any atom is 0.223 e. The third-order valence-corrected chi connectivity index (χ3v) is 4.68. The molecule has 0 bridgehead atoms. The van der Waals surface area contributed by atoms with Gasteiger partial charge in [-0.1, -0.05) is 0 Å². The van der Waals surface area contributed by atoms with Gasteiger partial charge in [-0.25, -0.2) is 15.0 Å². The minimum Gasteiger partial charge on any atom is -0.366 e. The molecule has 0 spiro atoms. The Balaban J connectivity index is 1.74. The highest BCUT2D eigenvalue weighted by Crippen LogP contribution is 2.25. The van der Waals surface area contributed by atoms with Crippen molar-refractivity contribution in [2.24, 2.45) is 0 Å². The Hall–Kier alpha value is -1.95. The van der Waals surface area contributed by atoms with E-state index in [0.717, 1.165) is 29.6 Å². The zero-order valence-corrected chi connectivity index (χ0v) is 15.1. The molecule has 2 N–H and O–H groups in total. The van der Waals surface area contributed by atoms with Crippen LogP contribution in [0.2, 0.25) is 0 Å². The topological polar surface area (TPSA) is 66.0 Å². The number of rotatable bonds is 5. The number of nitrogens with zero attached hydrogens (tertiary/aromatic N) is 4. The summed E-state index contributed by atoms with van der Waals surface area (Å²) in [5, 5.41) is 7.89. The summed E-state index contributed by atoms with van der Waals surface area (Å²) < 4.78 is 0. The van der Waals surface area contributed by atoms with Crippen LogP contribution in [0.4, 0.5) is 11.8 Å². The van der Waals surface area contributed by atoms with Crippen molar-refractivity contribution in [1.82, 2.24) is 19.9 Å². The summed E-state index contributed by atoms with van der Waals surface area (Å²) in [6.45, 7) is 4.20. The number of anilines is 2. The molecule has 130 valence electrons. The highest BCUT2D eigenvalue weighted by Gasteiger charge is 2.22. The van der Waals surface area contributed by atoms with Crippen LogP contribution in [0.15, 0.2) is 18.5 Å². The van der Waals surface area contributed by atoms with Crippen molar-refractivity contribution >= 4 is 22.7 Å². The molecule has 0 aliphatic heterocycles. The van der Waals surface area contributed by atoms with Crippen LogP contribution in [0.1, 0.15) is 39.5 Å². The Labute approximate surface area is 144 Å². The van der Waals surface area contributed by atoms with Crippen LogP contribution in [0, 0.1) is 0 Å². The summed E-state index contributed by atoms with van der Waals surface area (Å²) in [6, 6.07) is 3.42. The van der Waals surface area contributed by atoms with Crippen molar-refractivity contribution < 1.29 is 0 Å². The summed E-state index contributed by atoms with van der Waals surface area (Å²) >= 11 is 0. The Morgan fingerprint density at radius 1 is 1.12 bits per heavy atom. The van der Waals surface area contributed by atoms with E-state index in [9.17, 15) is 0 Å². The standard InChI is InChI=1S/C18H28N6/c1-12(2)21-17-16-13(9-10-19-17)11-20-18(23-16)22-14-5-7-15(8-6-14)24(3)4/h9-12,14-15H,5-8H2,1-4H3,(H,19,21)(H,20,22,23). The fourth-order valence-corrected chi connectivity index (χ4v) is 3.32. The number of fused-ring (bicyclic) bond motifs is 1. The molecule has 2 heterocycles. The Morgan fingerprint density at radius 2 is 1.88 bits per heavy atom. The zero-order valence-electron chi connectivity index (χ0n) is 15.1. The lowest BCUT2D eigenvalue weighted by molar-refractivity contribution is 0.221. The molecule has 0 unspecified atom stereocenters. The van der Waals surface area contributed by atoms with Crippen molar-refractivity contribution in [3.8, 4) is 0 Å². The van der Waals surface area contributed by atoms with Gasteiger partial charge in [-0.3, -0.25) is 0 Å². The molecule has 6 heteroatoms. The van der Waals surface area contributed by atoms with Gasteiger partial charge in [0.05, 0.1) is 0 Å². The van der Waals surface area contributed by atoms with Gasteiger partial charge in [-0.15, -0.1) is 0 Å². The van der Waals surface area contributed by atoms with Crippen LogP contribution in [-0.2, 0) is 0 Å². The summed E-state index contributed by atoms with van der Waals surface area (Å²) in [5.74, 6) is 1.53. The lowest BCUT2D eigenvalue weighted by Gasteiger charge is -2.32.